The molecule has 0 aliphatic heterocycles. The van der Waals surface area contributed by atoms with E-state index in [4.69, 9.17) is 0 Å². The number of rotatable bonds is 0. The van der Waals surface area contributed by atoms with Crippen molar-refractivity contribution in [2.24, 2.45) is 0 Å². The van der Waals surface area contributed by atoms with E-state index in [-0.39, 0.29) is 0 Å². The second kappa shape index (κ2) is 2.41. The van der Waals surface area contributed by atoms with Crippen LogP contribution in [0.1, 0.15) is 0 Å². The van der Waals surface area contributed by atoms with Gasteiger partial charge in [-0.05, 0) is 6.07 Å². The number of benzene rings is 1. The maximum absolute atomic E-state index is 4.32. The molecule has 0 unspecified atom stereocenters. The monoisotopic (exact) mass is 213 g/mol. The molecule has 0 atom stereocenters. The van der Waals surface area contributed by atoms with Crippen LogP contribution in [0.3, 0.4) is 0 Å². The molecule has 3 nitrogen and oxygen atoms in total. The molecule has 3 heterocycles. The topological polar surface area (TPSA) is 33.1 Å². The normalized spacial score (nSPS) is 12.0. The SMILES string of the molecule is c1cn2c(n1)sc1ccc3c[nH]cc3c12. The fraction of sp³-hybridized carbons (Fsp3) is 0. The largest absolute Gasteiger partial charge is 0.366 e. The molecule has 0 saturated heterocycles. The van der Waals surface area contributed by atoms with Gasteiger partial charge in [0.1, 0.15) is 0 Å². The third kappa shape index (κ3) is 0.824. The fourth-order valence-electron chi connectivity index (χ4n) is 2.06. The van der Waals surface area contributed by atoms with Crippen molar-refractivity contribution in [2.75, 3.05) is 0 Å². The van der Waals surface area contributed by atoms with Gasteiger partial charge in [0.15, 0.2) is 4.96 Å². The van der Waals surface area contributed by atoms with Crippen molar-refractivity contribution in [3.8, 4) is 0 Å². The maximum atomic E-state index is 4.32. The predicted octanol–water partition coefficient (Wildman–Crippen LogP) is 3.03. The molecule has 72 valence electrons. The van der Waals surface area contributed by atoms with E-state index in [1.54, 1.807) is 11.3 Å². The van der Waals surface area contributed by atoms with Crippen LogP contribution in [0.2, 0.25) is 0 Å². The second-order valence-corrected chi connectivity index (χ2v) is 4.56. The zero-order valence-corrected chi connectivity index (χ0v) is 8.58. The first-order valence-corrected chi connectivity index (χ1v) is 5.56. The summed E-state index contributed by atoms with van der Waals surface area (Å²) in [4.78, 5) is 8.52. The Balaban J connectivity index is 2.46. The van der Waals surface area contributed by atoms with Crippen molar-refractivity contribution in [3.05, 3.63) is 36.9 Å². The van der Waals surface area contributed by atoms with E-state index >= 15 is 0 Å². The molecule has 0 spiro atoms. The Kier molecular flexibility index (Phi) is 1.20. The Morgan fingerprint density at radius 2 is 2.27 bits per heavy atom. The average molecular weight is 213 g/mol. The lowest BCUT2D eigenvalue weighted by atomic mass is 10.2. The minimum absolute atomic E-state index is 1.05. The van der Waals surface area contributed by atoms with Gasteiger partial charge >= 0.3 is 0 Å². The number of H-pyrrole nitrogens is 1. The molecule has 0 radical (unpaired) electrons. The number of hydrogen-bond donors (Lipinski definition) is 1. The molecular formula is C11H7N3S. The lowest BCUT2D eigenvalue weighted by Crippen LogP contribution is -1.76. The third-order valence-electron chi connectivity index (χ3n) is 2.73. The van der Waals surface area contributed by atoms with Gasteiger partial charge in [-0.2, -0.15) is 0 Å². The van der Waals surface area contributed by atoms with Crippen LogP contribution in [0.4, 0.5) is 0 Å². The van der Waals surface area contributed by atoms with Crippen LogP contribution in [-0.4, -0.2) is 14.4 Å². The third-order valence-corrected chi connectivity index (χ3v) is 3.76. The summed E-state index contributed by atoms with van der Waals surface area (Å²) in [7, 11) is 0. The Bertz CT molecular complexity index is 774. The van der Waals surface area contributed by atoms with Crippen molar-refractivity contribution >= 4 is 37.3 Å². The number of fused-ring (bicyclic) bond motifs is 5. The highest BCUT2D eigenvalue weighted by Gasteiger charge is 2.08. The van der Waals surface area contributed by atoms with Gasteiger partial charge in [-0.25, -0.2) is 4.98 Å². The fourth-order valence-corrected chi connectivity index (χ4v) is 3.06. The van der Waals surface area contributed by atoms with Crippen LogP contribution in [0, 0.1) is 0 Å². The first-order chi connectivity index (χ1) is 7.43. The highest BCUT2D eigenvalue weighted by Crippen LogP contribution is 2.31. The van der Waals surface area contributed by atoms with Crippen molar-refractivity contribution in [2.45, 2.75) is 0 Å². The molecule has 0 saturated carbocycles. The standard InChI is InChI=1S/C11H7N3S/c1-2-9-10(8-6-12-5-7(1)8)14-4-3-13-11(14)15-9/h1-6,12H. The maximum Gasteiger partial charge on any atom is 0.194 e. The van der Waals surface area contributed by atoms with Crippen molar-refractivity contribution in [1.29, 1.82) is 0 Å². The lowest BCUT2D eigenvalue weighted by Gasteiger charge is -1.93. The molecule has 3 aromatic heterocycles. The van der Waals surface area contributed by atoms with E-state index in [0.29, 0.717) is 0 Å². The predicted molar refractivity (Wildman–Crippen MR) is 62.4 cm³/mol. The van der Waals surface area contributed by atoms with Gasteiger partial charge in [0.2, 0.25) is 0 Å². The molecular weight excluding hydrogens is 206 g/mol. The molecule has 0 aliphatic rings. The van der Waals surface area contributed by atoms with Crippen LogP contribution in [-0.2, 0) is 0 Å². The Morgan fingerprint density at radius 3 is 3.27 bits per heavy atom. The number of thiazole rings is 1. The number of imidazole rings is 1. The van der Waals surface area contributed by atoms with Gasteiger partial charge < -0.3 is 4.98 Å². The molecule has 0 fully saturated rings. The van der Waals surface area contributed by atoms with Gasteiger partial charge in [-0.3, -0.25) is 4.40 Å². The van der Waals surface area contributed by atoms with Crippen LogP contribution in [0.15, 0.2) is 36.9 Å². The van der Waals surface area contributed by atoms with Crippen molar-refractivity contribution in [3.63, 3.8) is 0 Å². The van der Waals surface area contributed by atoms with E-state index < -0.39 is 0 Å². The smallest absolute Gasteiger partial charge is 0.194 e. The van der Waals surface area contributed by atoms with Gasteiger partial charge in [-0.1, -0.05) is 17.4 Å². The second-order valence-electron chi connectivity index (χ2n) is 3.55. The van der Waals surface area contributed by atoms with Crippen LogP contribution < -0.4 is 0 Å². The van der Waals surface area contributed by atoms with Crippen molar-refractivity contribution in [1.82, 2.24) is 14.4 Å². The summed E-state index contributed by atoms with van der Waals surface area (Å²) in [6.07, 6.45) is 7.93. The van der Waals surface area contributed by atoms with Gasteiger partial charge in [0.05, 0.1) is 10.2 Å². The number of nitrogens with one attached hydrogen (secondary N) is 1. The van der Waals surface area contributed by atoms with E-state index in [1.807, 2.05) is 24.8 Å². The molecule has 1 aromatic carbocycles. The Hall–Kier alpha value is -1.81. The minimum Gasteiger partial charge on any atom is -0.366 e. The van der Waals surface area contributed by atoms with Crippen LogP contribution >= 0.6 is 11.3 Å². The molecule has 0 aliphatic carbocycles. The molecule has 0 bridgehead atoms. The van der Waals surface area contributed by atoms with Gasteiger partial charge in [0, 0.05) is 35.6 Å². The van der Waals surface area contributed by atoms with Gasteiger partial charge in [-0.15, -0.1) is 0 Å². The molecule has 1 N–H and O–H groups in total. The summed E-state index contributed by atoms with van der Waals surface area (Å²) in [5, 5.41) is 2.51. The van der Waals surface area contributed by atoms with Crippen LogP contribution in [0.5, 0.6) is 0 Å². The quantitative estimate of drug-likeness (QED) is 0.478. The first kappa shape index (κ1) is 7.48. The zero-order chi connectivity index (χ0) is 9.83. The first-order valence-electron chi connectivity index (χ1n) is 4.74. The van der Waals surface area contributed by atoms with E-state index in [1.165, 1.54) is 21.0 Å². The molecule has 4 heteroatoms. The average Bonchev–Trinajstić information content (AvgIpc) is 2.89. The molecule has 4 rings (SSSR count). The van der Waals surface area contributed by atoms with E-state index in [9.17, 15) is 0 Å². The summed E-state index contributed by atoms with van der Waals surface area (Å²) in [5.74, 6) is 0. The van der Waals surface area contributed by atoms with Crippen molar-refractivity contribution < 1.29 is 0 Å². The lowest BCUT2D eigenvalue weighted by molar-refractivity contribution is 1.31. The number of aromatic nitrogens is 3. The molecule has 15 heavy (non-hydrogen) atoms. The summed E-state index contributed by atoms with van der Waals surface area (Å²) in [5.41, 5.74) is 1.26. The highest BCUT2D eigenvalue weighted by molar-refractivity contribution is 7.23. The van der Waals surface area contributed by atoms with Gasteiger partial charge in [0.25, 0.3) is 0 Å². The number of nitrogens with zero attached hydrogens (tertiary/aromatic N) is 2. The van der Waals surface area contributed by atoms with Crippen LogP contribution in [0.25, 0.3) is 25.9 Å². The number of aromatic amines is 1. The minimum atomic E-state index is 1.05. The Labute approximate surface area is 89.0 Å². The zero-order valence-electron chi connectivity index (χ0n) is 7.77. The highest BCUT2D eigenvalue weighted by atomic mass is 32.1. The molecule has 4 aromatic rings. The summed E-state index contributed by atoms with van der Waals surface area (Å²) in [6, 6.07) is 4.30. The summed E-state index contributed by atoms with van der Waals surface area (Å²) < 4.78 is 3.43. The number of hydrogen-bond acceptors (Lipinski definition) is 2. The summed E-state index contributed by atoms with van der Waals surface area (Å²) in [6.45, 7) is 0. The summed E-state index contributed by atoms with van der Waals surface area (Å²) >= 11 is 1.72. The van der Waals surface area contributed by atoms with E-state index in [2.05, 4.69) is 26.5 Å². The Morgan fingerprint density at radius 1 is 1.27 bits per heavy atom. The molecule has 0 amide bonds. The van der Waals surface area contributed by atoms with E-state index in [0.717, 1.165) is 4.96 Å².